The van der Waals surface area contributed by atoms with E-state index in [-0.39, 0.29) is 35.6 Å². The van der Waals surface area contributed by atoms with Crippen molar-refractivity contribution in [3.8, 4) is 0 Å². The van der Waals surface area contributed by atoms with Crippen LogP contribution in [0, 0.1) is 16.7 Å². The van der Waals surface area contributed by atoms with E-state index < -0.39 is 29.3 Å². The van der Waals surface area contributed by atoms with Gasteiger partial charge in [-0.25, -0.2) is 0 Å². The molecule has 3 aliphatic rings. The number of carbonyl (C=O) groups is 3. The Morgan fingerprint density at radius 1 is 0.902 bits per heavy atom. The molecule has 3 N–H and O–H groups in total. The zero-order chi connectivity index (χ0) is 30.1. The summed E-state index contributed by atoms with van der Waals surface area (Å²) < 4.78 is 11.8. The zero-order valence-electron chi connectivity index (χ0n) is 26.5. The molecule has 0 bridgehead atoms. The molecule has 8 heteroatoms. The molecule has 0 aromatic rings. The number of rotatable bonds is 16. The number of nitrogens with one attached hydrogen (secondary N) is 2. The SMILES string of the molecule is CCCCCCCCCCC1(C(=O)NC2CCCC2C(CC(=O)O)NC(=O)C2OC(C)(C)OCC2(C)C)CCCC1. The van der Waals surface area contributed by atoms with E-state index in [1.54, 1.807) is 13.8 Å². The summed E-state index contributed by atoms with van der Waals surface area (Å²) in [5.74, 6) is -2.14. The lowest BCUT2D eigenvalue weighted by Crippen LogP contribution is -2.59. The van der Waals surface area contributed by atoms with Crippen molar-refractivity contribution >= 4 is 17.8 Å². The summed E-state index contributed by atoms with van der Waals surface area (Å²) >= 11 is 0. The summed E-state index contributed by atoms with van der Waals surface area (Å²) in [5.41, 5.74) is -0.854. The minimum atomic E-state index is -0.957. The van der Waals surface area contributed by atoms with Crippen LogP contribution in [-0.2, 0) is 23.9 Å². The van der Waals surface area contributed by atoms with Crippen molar-refractivity contribution in [2.24, 2.45) is 16.7 Å². The molecule has 1 heterocycles. The summed E-state index contributed by atoms with van der Waals surface area (Å²) in [6.07, 6.45) is 16.6. The number of hydrogen-bond donors (Lipinski definition) is 3. The average Bonchev–Trinajstić information content (AvgIpc) is 3.57. The van der Waals surface area contributed by atoms with Crippen molar-refractivity contribution in [3.63, 3.8) is 0 Å². The number of carboxylic acids is 1. The topological polar surface area (TPSA) is 114 Å². The molecule has 0 aromatic carbocycles. The molecule has 41 heavy (non-hydrogen) atoms. The van der Waals surface area contributed by atoms with Crippen LogP contribution in [0.1, 0.15) is 144 Å². The van der Waals surface area contributed by atoms with Crippen molar-refractivity contribution in [3.05, 3.63) is 0 Å². The van der Waals surface area contributed by atoms with Crippen molar-refractivity contribution < 1.29 is 29.0 Å². The third kappa shape index (κ3) is 9.67. The fourth-order valence-electron chi connectivity index (χ4n) is 7.29. The molecule has 0 aromatic heterocycles. The molecule has 3 rings (SSSR count). The Bertz CT molecular complexity index is 866. The van der Waals surface area contributed by atoms with Gasteiger partial charge < -0.3 is 25.2 Å². The van der Waals surface area contributed by atoms with E-state index >= 15 is 0 Å². The molecule has 2 saturated carbocycles. The maximum atomic E-state index is 13.8. The molecule has 1 aliphatic heterocycles. The van der Waals surface area contributed by atoms with Gasteiger partial charge in [0.05, 0.1) is 13.0 Å². The first kappa shape index (κ1) is 33.8. The van der Waals surface area contributed by atoms with E-state index in [0.29, 0.717) is 6.61 Å². The highest BCUT2D eigenvalue weighted by molar-refractivity contribution is 5.84. The molecule has 4 unspecified atom stereocenters. The summed E-state index contributed by atoms with van der Waals surface area (Å²) in [7, 11) is 0. The van der Waals surface area contributed by atoms with Crippen LogP contribution in [0.3, 0.4) is 0 Å². The predicted molar refractivity (Wildman–Crippen MR) is 160 cm³/mol. The highest BCUT2D eigenvalue weighted by Gasteiger charge is 2.48. The monoisotopic (exact) mass is 578 g/mol. The standard InChI is InChI=1S/C33H58N2O6/c1-6-7-8-9-10-11-12-13-19-33(20-14-15-21-33)30(39)35-25-18-16-17-24(25)26(22-27(36)37)34-29(38)28-31(2,3)23-40-32(4,5)41-28/h24-26,28H,6-23H2,1-5H3,(H,34,38)(H,35,39)(H,36,37). The van der Waals surface area contributed by atoms with Gasteiger partial charge >= 0.3 is 5.97 Å². The van der Waals surface area contributed by atoms with E-state index in [9.17, 15) is 19.5 Å². The lowest BCUT2D eigenvalue weighted by atomic mass is 9.79. The average molecular weight is 579 g/mol. The highest BCUT2D eigenvalue weighted by Crippen LogP contribution is 2.44. The largest absolute Gasteiger partial charge is 0.481 e. The molecule has 3 fully saturated rings. The van der Waals surface area contributed by atoms with Crippen LogP contribution in [0.25, 0.3) is 0 Å². The van der Waals surface area contributed by atoms with Gasteiger partial charge in [-0.2, -0.15) is 0 Å². The van der Waals surface area contributed by atoms with Crippen molar-refractivity contribution in [2.45, 2.75) is 168 Å². The Labute approximate surface area is 248 Å². The number of unbranched alkanes of at least 4 members (excludes halogenated alkanes) is 7. The summed E-state index contributed by atoms with van der Waals surface area (Å²) in [5, 5.41) is 16.2. The first-order valence-electron chi connectivity index (χ1n) is 16.5. The number of carboxylic acid groups (broad SMARTS) is 1. The van der Waals surface area contributed by atoms with E-state index in [0.717, 1.165) is 57.8 Å². The second-order valence-electron chi connectivity index (χ2n) is 14.3. The van der Waals surface area contributed by atoms with Gasteiger partial charge in [0, 0.05) is 22.9 Å². The Kier molecular flexibility index (Phi) is 12.5. The Hall–Kier alpha value is -1.67. The maximum absolute atomic E-state index is 13.8. The van der Waals surface area contributed by atoms with Crippen LogP contribution < -0.4 is 10.6 Å². The molecule has 8 nitrogen and oxygen atoms in total. The third-order valence-electron chi connectivity index (χ3n) is 9.82. The molecule has 4 atom stereocenters. The van der Waals surface area contributed by atoms with Gasteiger partial charge in [0.25, 0.3) is 0 Å². The first-order chi connectivity index (χ1) is 19.4. The second-order valence-corrected chi connectivity index (χ2v) is 14.3. The van der Waals surface area contributed by atoms with E-state index in [1.807, 2.05) is 13.8 Å². The van der Waals surface area contributed by atoms with Gasteiger partial charge in [-0.1, -0.05) is 91.4 Å². The number of aliphatic carboxylic acids is 1. The van der Waals surface area contributed by atoms with Crippen LogP contribution in [0.4, 0.5) is 0 Å². The summed E-state index contributed by atoms with van der Waals surface area (Å²) in [4.78, 5) is 39.2. The third-order valence-corrected chi connectivity index (χ3v) is 9.82. The molecule has 2 amide bonds. The molecular weight excluding hydrogens is 520 g/mol. The molecular formula is C33H58N2O6. The number of carbonyl (C=O) groups excluding carboxylic acids is 2. The lowest BCUT2D eigenvalue weighted by molar-refractivity contribution is -0.304. The van der Waals surface area contributed by atoms with Gasteiger partial charge in [0.1, 0.15) is 6.10 Å². The fourth-order valence-corrected chi connectivity index (χ4v) is 7.29. The van der Waals surface area contributed by atoms with Gasteiger partial charge in [-0.15, -0.1) is 0 Å². The van der Waals surface area contributed by atoms with Gasteiger partial charge in [-0.3, -0.25) is 14.4 Å². The quantitative estimate of drug-likeness (QED) is 0.180. The Balaban J connectivity index is 1.61. The van der Waals surface area contributed by atoms with Crippen molar-refractivity contribution in [1.29, 1.82) is 0 Å². The van der Waals surface area contributed by atoms with E-state index in [2.05, 4.69) is 17.6 Å². The second kappa shape index (κ2) is 15.2. The predicted octanol–water partition coefficient (Wildman–Crippen LogP) is 6.50. The number of hydrogen-bond acceptors (Lipinski definition) is 5. The van der Waals surface area contributed by atoms with Gasteiger partial charge in [-0.05, 0) is 51.9 Å². The fraction of sp³-hybridized carbons (Fsp3) is 0.909. The summed E-state index contributed by atoms with van der Waals surface area (Å²) in [6, 6.07) is -0.714. The van der Waals surface area contributed by atoms with Gasteiger partial charge in [0.15, 0.2) is 5.79 Å². The molecule has 236 valence electrons. The number of ether oxygens (including phenoxy) is 2. The van der Waals surface area contributed by atoms with Crippen LogP contribution in [0.2, 0.25) is 0 Å². The molecule has 1 saturated heterocycles. The Morgan fingerprint density at radius 3 is 2.17 bits per heavy atom. The van der Waals surface area contributed by atoms with Gasteiger partial charge in [0.2, 0.25) is 11.8 Å². The molecule has 0 spiro atoms. The van der Waals surface area contributed by atoms with Crippen molar-refractivity contribution in [1.82, 2.24) is 10.6 Å². The van der Waals surface area contributed by atoms with Crippen LogP contribution in [0.15, 0.2) is 0 Å². The molecule has 0 radical (unpaired) electrons. The Morgan fingerprint density at radius 2 is 1.54 bits per heavy atom. The van der Waals surface area contributed by atoms with Crippen LogP contribution >= 0.6 is 0 Å². The summed E-state index contributed by atoms with van der Waals surface area (Å²) in [6.45, 7) is 10.0. The minimum absolute atomic E-state index is 0.128. The van der Waals surface area contributed by atoms with Crippen LogP contribution in [-0.4, -0.2) is 53.5 Å². The smallest absolute Gasteiger partial charge is 0.305 e. The number of amides is 2. The zero-order valence-corrected chi connectivity index (χ0v) is 26.5. The maximum Gasteiger partial charge on any atom is 0.305 e. The normalized spacial score (nSPS) is 27.3. The lowest BCUT2D eigenvalue weighted by Gasteiger charge is -2.45. The van der Waals surface area contributed by atoms with Crippen LogP contribution in [0.5, 0.6) is 0 Å². The highest BCUT2D eigenvalue weighted by atomic mass is 16.7. The minimum Gasteiger partial charge on any atom is -0.481 e. The van der Waals surface area contributed by atoms with E-state index in [4.69, 9.17) is 9.47 Å². The van der Waals surface area contributed by atoms with Crippen molar-refractivity contribution in [2.75, 3.05) is 6.61 Å². The first-order valence-corrected chi connectivity index (χ1v) is 16.5. The van der Waals surface area contributed by atoms with E-state index in [1.165, 1.54) is 44.9 Å². The molecule has 2 aliphatic carbocycles.